The first kappa shape index (κ1) is 14.4. The molecule has 0 saturated carbocycles. The van der Waals surface area contributed by atoms with Gasteiger partial charge in [0.25, 0.3) is 0 Å². The Balaban J connectivity index is 2.61. The first-order chi connectivity index (χ1) is 8.56. The Hall–Kier alpha value is -1.62. The topological polar surface area (TPSA) is 58.6 Å². The van der Waals surface area contributed by atoms with Gasteiger partial charge in [-0.3, -0.25) is 4.79 Å². The minimum Gasteiger partial charge on any atom is -0.488 e. The number of carboxylic acid groups (broad SMARTS) is 1. The third-order valence-electron chi connectivity index (χ3n) is 2.50. The van der Waals surface area contributed by atoms with Gasteiger partial charge in [-0.05, 0) is 31.5 Å². The molecule has 18 heavy (non-hydrogen) atoms. The van der Waals surface area contributed by atoms with Crippen LogP contribution in [0.2, 0.25) is 0 Å². The number of hydrogen-bond donors (Lipinski definition) is 2. The minimum atomic E-state index is -1.00. The molecule has 100 valence electrons. The molecular weight excluding hydrogens is 237 g/mol. The van der Waals surface area contributed by atoms with E-state index in [1.54, 1.807) is 19.1 Å². The fraction of sp³-hybridized carbons (Fsp3) is 0.462. The molecule has 1 rings (SSSR count). The molecule has 2 N–H and O–H groups in total. The van der Waals surface area contributed by atoms with Gasteiger partial charge in [-0.25, -0.2) is 4.39 Å². The van der Waals surface area contributed by atoms with Crippen molar-refractivity contribution in [2.75, 3.05) is 13.2 Å². The van der Waals surface area contributed by atoms with Crippen LogP contribution in [0.4, 0.5) is 4.39 Å². The van der Waals surface area contributed by atoms with Crippen molar-refractivity contribution in [2.45, 2.75) is 26.3 Å². The fourth-order valence-corrected chi connectivity index (χ4v) is 1.44. The molecule has 0 bridgehead atoms. The van der Waals surface area contributed by atoms with Crippen molar-refractivity contribution in [3.8, 4) is 5.75 Å². The zero-order valence-electron chi connectivity index (χ0n) is 10.6. The Bertz CT molecular complexity index is 409. The van der Waals surface area contributed by atoms with Crippen LogP contribution in [0.3, 0.4) is 0 Å². The molecular formula is C13H18FNO3. The standard InChI is InChI=1S/C13H18FNO3/c1-3-7-15-10(13(16)17)8-18-11-6-4-5-9(2)12(11)14/h4-6,10,15H,3,7-8H2,1-2H3,(H,16,17). The molecule has 0 saturated heterocycles. The predicted molar refractivity (Wildman–Crippen MR) is 66.3 cm³/mol. The van der Waals surface area contributed by atoms with E-state index in [0.717, 1.165) is 6.42 Å². The quantitative estimate of drug-likeness (QED) is 0.782. The zero-order chi connectivity index (χ0) is 13.5. The maximum Gasteiger partial charge on any atom is 0.324 e. The SMILES string of the molecule is CCCNC(COc1cccc(C)c1F)C(=O)O. The molecule has 1 aromatic rings. The lowest BCUT2D eigenvalue weighted by Crippen LogP contribution is -2.41. The molecule has 1 aromatic carbocycles. The lowest BCUT2D eigenvalue weighted by molar-refractivity contribution is -0.140. The highest BCUT2D eigenvalue weighted by molar-refractivity contribution is 5.73. The van der Waals surface area contributed by atoms with Gasteiger partial charge in [0.1, 0.15) is 12.6 Å². The van der Waals surface area contributed by atoms with Crippen LogP contribution >= 0.6 is 0 Å². The van der Waals surface area contributed by atoms with Gasteiger partial charge >= 0.3 is 5.97 Å². The number of nitrogens with one attached hydrogen (secondary N) is 1. The molecule has 0 aromatic heterocycles. The van der Waals surface area contributed by atoms with Crippen LogP contribution in [0.15, 0.2) is 18.2 Å². The van der Waals surface area contributed by atoms with Crippen LogP contribution in [0.5, 0.6) is 5.75 Å². The maximum atomic E-state index is 13.6. The van der Waals surface area contributed by atoms with Gasteiger partial charge in [0.05, 0.1) is 0 Å². The molecule has 5 heteroatoms. The van der Waals surface area contributed by atoms with E-state index < -0.39 is 17.8 Å². The van der Waals surface area contributed by atoms with Gasteiger partial charge in [-0.15, -0.1) is 0 Å². The Kier molecular flexibility index (Phi) is 5.58. The van der Waals surface area contributed by atoms with Gasteiger partial charge in [0, 0.05) is 0 Å². The summed E-state index contributed by atoms with van der Waals surface area (Å²) < 4.78 is 18.8. The predicted octanol–water partition coefficient (Wildman–Crippen LogP) is 1.97. The summed E-state index contributed by atoms with van der Waals surface area (Å²) in [6, 6.07) is 3.96. The van der Waals surface area contributed by atoms with E-state index in [1.165, 1.54) is 6.07 Å². The van der Waals surface area contributed by atoms with Gasteiger partial charge in [-0.2, -0.15) is 0 Å². The number of ether oxygens (including phenoxy) is 1. The number of hydrogen-bond acceptors (Lipinski definition) is 3. The van der Waals surface area contributed by atoms with Gasteiger partial charge in [-0.1, -0.05) is 19.1 Å². The second kappa shape index (κ2) is 6.96. The molecule has 0 aliphatic heterocycles. The average molecular weight is 255 g/mol. The zero-order valence-corrected chi connectivity index (χ0v) is 10.6. The van der Waals surface area contributed by atoms with Crippen molar-refractivity contribution in [1.82, 2.24) is 5.32 Å². The molecule has 0 aliphatic rings. The van der Waals surface area contributed by atoms with Crippen molar-refractivity contribution in [1.29, 1.82) is 0 Å². The Morgan fingerprint density at radius 2 is 2.28 bits per heavy atom. The Morgan fingerprint density at radius 1 is 1.56 bits per heavy atom. The van der Waals surface area contributed by atoms with E-state index in [-0.39, 0.29) is 12.4 Å². The number of aliphatic carboxylic acids is 1. The molecule has 1 atom stereocenters. The first-order valence-electron chi connectivity index (χ1n) is 5.90. The highest BCUT2D eigenvalue weighted by atomic mass is 19.1. The lowest BCUT2D eigenvalue weighted by Gasteiger charge is -2.15. The maximum absolute atomic E-state index is 13.6. The molecule has 0 radical (unpaired) electrons. The van der Waals surface area contributed by atoms with Crippen molar-refractivity contribution in [2.24, 2.45) is 0 Å². The highest BCUT2D eigenvalue weighted by Gasteiger charge is 2.18. The number of aryl methyl sites for hydroxylation is 1. The van der Waals surface area contributed by atoms with Crippen molar-refractivity contribution in [3.63, 3.8) is 0 Å². The summed E-state index contributed by atoms with van der Waals surface area (Å²) in [7, 11) is 0. The van der Waals surface area contributed by atoms with Crippen LogP contribution < -0.4 is 10.1 Å². The molecule has 0 spiro atoms. The Morgan fingerprint density at radius 3 is 2.89 bits per heavy atom. The number of carbonyl (C=O) groups is 1. The minimum absolute atomic E-state index is 0.0829. The summed E-state index contributed by atoms with van der Waals surface area (Å²) in [5.41, 5.74) is 0.473. The highest BCUT2D eigenvalue weighted by Crippen LogP contribution is 2.19. The van der Waals surface area contributed by atoms with E-state index in [0.29, 0.717) is 12.1 Å². The third-order valence-corrected chi connectivity index (χ3v) is 2.50. The summed E-state index contributed by atoms with van der Waals surface area (Å²) in [5.74, 6) is -1.37. The van der Waals surface area contributed by atoms with Crippen LogP contribution in [-0.4, -0.2) is 30.3 Å². The summed E-state index contributed by atoms with van der Waals surface area (Å²) in [5, 5.41) is 11.8. The van der Waals surface area contributed by atoms with Gasteiger partial charge in [0.2, 0.25) is 0 Å². The van der Waals surface area contributed by atoms with Crippen LogP contribution in [0.1, 0.15) is 18.9 Å². The second-order valence-electron chi connectivity index (χ2n) is 4.04. The van der Waals surface area contributed by atoms with Gasteiger partial charge in [0.15, 0.2) is 11.6 Å². The number of benzene rings is 1. The average Bonchev–Trinajstić information content (AvgIpc) is 2.33. The smallest absolute Gasteiger partial charge is 0.324 e. The number of halogens is 1. The molecule has 0 amide bonds. The van der Waals surface area contributed by atoms with Crippen LogP contribution in [0.25, 0.3) is 0 Å². The summed E-state index contributed by atoms with van der Waals surface area (Å²) >= 11 is 0. The molecule has 0 fully saturated rings. The van der Waals surface area contributed by atoms with Crippen molar-refractivity contribution in [3.05, 3.63) is 29.6 Å². The normalized spacial score (nSPS) is 12.2. The molecule has 0 heterocycles. The monoisotopic (exact) mass is 255 g/mol. The molecule has 0 aliphatic carbocycles. The second-order valence-corrected chi connectivity index (χ2v) is 4.04. The Labute approximate surface area is 106 Å². The first-order valence-corrected chi connectivity index (χ1v) is 5.90. The van der Waals surface area contributed by atoms with Crippen LogP contribution in [0, 0.1) is 12.7 Å². The van der Waals surface area contributed by atoms with E-state index in [9.17, 15) is 9.18 Å². The fourth-order valence-electron chi connectivity index (χ4n) is 1.44. The number of rotatable bonds is 7. The summed E-state index contributed by atoms with van der Waals surface area (Å²) in [6.45, 7) is 4.05. The van der Waals surface area contributed by atoms with E-state index >= 15 is 0 Å². The molecule has 1 unspecified atom stereocenters. The van der Waals surface area contributed by atoms with Gasteiger partial charge < -0.3 is 15.2 Å². The van der Waals surface area contributed by atoms with Crippen LogP contribution in [-0.2, 0) is 4.79 Å². The summed E-state index contributed by atoms with van der Waals surface area (Å²) in [4.78, 5) is 10.9. The number of carboxylic acids is 1. The van der Waals surface area contributed by atoms with E-state index in [2.05, 4.69) is 5.32 Å². The van der Waals surface area contributed by atoms with E-state index in [1.807, 2.05) is 6.92 Å². The third kappa shape index (κ3) is 4.00. The van der Waals surface area contributed by atoms with E-state index in [4.69, 9.17) is 9.84 Å². The van der Waals surface area contributed by atoms with Crippen molar-refractivity contribution >= 4 is 5.97 Å². The molecule has 4 nitrogen and oxygen atoms in total. The van der Waals surface area contributed by atoms with Crippen molar-refractivity contribution < 1.29 is 19.0 Å². The lowest BCUT2D eigenvalue weighted by atomic mass is 10.2. The largest absolute Gasteiger partial charge is 0.488 e. The summed E-state index contributed by atoms with van der Waals surface area (Å²) in [6.07, 6.45) is 0.822.